The molecule has 54 valence electrons. The van der Waals surface area contributed by atoms with Crippen LogP contribution in [0.5, 0.6) is 0 Å². The van der Waals surface area contributed by atoms with Crippen LogP contribution in [0.2, 0.25) is 0 Å². The van der Waals surface area contributed by atoms with Crippen LogP contribution in [0.15, 0.2) is 5.16 Å². The third-order valence-corrected chi connectivity index (χ3v) is 0.901. The van der Waals surface area contributed by atoms with Gasteiger partial charge in [-0.25, -0.2) is 4.79 Å². The molecule has 0 aliphatic carbocycles. The van der Waals surface area contributed by atoms with Crippen molar-refractivity contribution in [1.29, 1.82) is 0 Å². The maximum absolute atomic E-state index is 10.3. The van der Waals surface area contributed by atoms with Crippen molar-refractivity contribution in [2.75, 3.05) is 0 Å². The van der Waals surface area contributed by atoms with E-state index in [1.165, 1.54) is 0 Å². The fourth-order valence-corrected chi connectivity index (χ4v) is 0.389. The zero-order valence-electron chi connectivity index (χ0n) is 4.80. The third kappa shape index (κ3) is 4.11. The van der Waals surface area contributed by atoms with Crippen LogP contribution in [-0.4, -0.2) is 46.4 Å². The molecular weight excluding hydrogens is 168 g/mol. The normalized spacial score (nSPS) is 10.0. The minimum absolute atomic E-state index is 0. The molecule has 0 aromatic carbocycles. The predicted molar refractivity (Wildman–Crippen MR) is 38.6 cm³/mol. The van der Waals surface area contributed by atoms with Crippen LogP contribution in [0.1, 0.15) is 13.3 Å². The average Bonchev–Trinajstić information content (AvgIpc) is 1.90. The Morgan fingerprint density at radius 3 is 2.40 bits per heavy atom. The van der Waals surface area contributed by atoms with Crippen LogP contribution in [0, 0.1) is 0 Å². The molecule has 0 aromatic heterocycles. The summed E-state index contributed by atoms with van der Waals surface area (Å²) in [5.41, 5.74) is -0.0926. The van der Waals surface area contributed by atoms with Crippen molar-refractivity contribution >= 4 is 53.1 Å². The number of hydrogen-bond donors (Lipinski definition) is 1. The summed E-state index contributed by atoms with van der Waals surface area (Å²) in [5.74, 6) is -0.818. The van der Waals surface area contributed by atoms with Gasteiger partial charge < -0.3 is 9.50 Å². The summed E-state index contributed by atoms with van der Waals surface area (Å²) < 4.78 is 3.74. The van der Waals surface area contributed by atoms with Gasteiger partial charge in [0.25, 0.3) is 0 Å². The first kappa shape index (κ1) is 12.9. The van der Waals surface area contributed by atoms with E-state index in [0.717, 1.165) is 0 Å². The molecule has 0 saturated heterocycles. The van der Waals surface area contributed by atoms with Crippen LogP contribution in [0.25, 0.3) is 0 Å². The van der Waals surface area contributed by atoms with Crippen LogP contribution >= 0.6 is 11.9 Å². The molecule has 0 heterocycles. The van der Waals surface area contributed by atoms with Gasteiger partial charge in [-0.05, 0) is 6.42 Å². The summed E-state index contributed by atoms with van der Waals surface area (Å²) in [7, 11) is 0. The fraction of sp³-hybridized carbons (Fsp3) is 0.500. The molecule has 6 heteroatoms. The Labute approximate surface area is 85.6 Å². The van der Waals surface area contributed by atoms with E-state index < -0.39 is 5.97 Å². The Kier molecular flexibility index (Phi) is 9.44. The van der Waals surface area contributed by atoms with Crippen LogP contribution in [-0.2, 0) is 9.08 Å². The van der Waals surface area contributed by atoms with Crippen LogP contribution in [0.3, 0.4) is 0 Å². The molecule has 0 fully saturated rings. The van der Waals surface area contributed by atoms with Crippen LogP contribution in [0.4, 0.5) is 0 Å². The third-order valence-electron chi connectivity index (χ3n) is 0.761. The van der Waals surface area contributed by atoms with E-state index in [1.54, 1.807) is 6.92 Å². The van der Waals surface area contributed by atoms with Crippen molar-refractivity contribution in [1.82, 2.24) is 0 Å². The van der Waals surface area contributed by atoms with Gasteiger partial charge in [-0.1, -0.05) is 12.1 Å². The monoisotopic (exact) mass is 175 g/mol. The zero-order chi connectivity index (χ0) is 7.28. The Morgan fingerprint density at radius 2 is 2.30 bits per heavy atom. The summed E-state index contributed by atoms with van der Waals surface area (Å²) in [6.45, 7) is 1.64. The van der Waals surface area contributed by atoms with E-state index in [-0.39, 0.29) is 35.3 Å². The minimum atomic E-state index is -0.818. The van der Waals surface area contributed by atoms with Gasteiger partial charge in [-0.15, -0.1) is 0 Å². The molecule has 0 unspecified atom stereocenters. The number of carbonyl (C=O) groups is 1. The Balaban J connectivity index is 0. The van der Waals surface area contributed by atoms with Crippen molar-refractivity contribution in [3.8, 4) is 0 Å². The molecule has 0 aliphatic rings. The van der Waals surface area contributed by atoms with Gasteiger partial charge >= 0.3 is 35.5 Å². The molecular formula is C4H7ClNNaO3. The molecule has 0 atom stereocenters. The van der Waals surface area contributed by atoms with Crippen molar-refractivity contribution in [3.63, 3.8) is 0 Å². The summed E-state index contributed by atoms with van der Waals surface area (Å²) in [4.78, 5) is 10.3. The molecule has 0 aromatic rings. The number of carbonyl (C=O) groups excluding carboxylic acids is 1. The van der Waals surface area contributed by atoms with E-state index in [4.69, 9.17) is 5.21 Å². The van der Waals surface area contributed by atoms with Gasteiger partial charge in [0, 0.05) is 0 Å². The molecule has 0 bridgehead atoms. The standard InChI is InChI=1S/C4H6ClNO3.Na.H/c1-2-3(6-8)4(7)9-5;;/h8H,2H2,1H3;;. The predicted octanol–water partition coefficient (Wildman–Crippen LogP) is 0.275. The fourth-order valence-electron chi connectivity index (χ4n) is 0.300. The maximum atomic E-state index is 10.3. The topological polar surface area (TPSA) is 58.9 Å². The molecule has 4 nitrogen and oxygen atoms in total. The van der Waals surface area contributed by atoms with E-state index in [9.17, 15) is 4.79 Å². The Hall–Kier alpha value is 0.230. The second kappa shape index (κ2) is 7.34. The van der Waals surface area contributed by atoms with Crippen LogP contribution < -0.4 is 0 Å². The second-order valence-electron chi connectivity index (χ2n) is 1.26. The average molecular weight is 176 g/mol. The van der Waals surface area contributed by atoms with E-state index in [0.29, 0.717) is 6.42 Å². The Bertz CT molecular complexity index is 138. The van der Waals surface area contributed by atoms with Crippen molar-refractivity contribution in [2.45, 2.75) is 13.3 Å². The SMILES string of the molecule is CCC(=NO)C(=O)OCl.[NaH]. The Morgan fingerprint density at radius 1 is 1.80 bits per heavy atom. The summed E-state index contributed by atoms with van der Waals surface area (Å²) in [5, 5.41) is 10.7. The number of rotatable bonds is 2. The quantitative estimate of drug-likeness (QED) is 0.284. The van der Waals surface area contributed by atoms with Gasteiger partial charge in [0.2, 0.25) is 0 Å². The number of hydrogen-bond acceptors (Lipinski definition) is 4. The number of nitrogens with zero attached hydrogens (tertiary/aromatic N) is 1. The summed E-state index contributed by atoms with van der Waals surface area (Å²) in [6, 6.07) is 0. The molecule has 0 saturated carbocycles. The molecule has 1 N–H and O–H groups in total. The molecule has 0 spiro atoms. The van der Waals surface area contributed by atoms with E-state index >= 15 is 0 Å². The summed E-state index contributed by atoms with van der Waals surface area (Å²) >= 11 is 4.66. The van der Waals surface area contributed by atoms with E-state index in [2.05, 4.69) is 21.3 Å². The number of halogens is 1. The second-order valence-corrected chi connectivity index (χ2v) is 1.42. The van der Waals surface area contributed by atoms with Crippen molar-refractivity contribution in [2.24, 2.45) is 5.16 Å². The van der Waals surface area contributed by atoms with E-state index in [1.807, 2.05) is 0 Å². The zero-order valence-corrected chi connectivity index (χ0v) is 5.55. The molecule has 0 aliphatic heterocycles. The first-order valence-electron chi connectivity index (χ1n) is 2.30. The molecule has 0 radical (unpaired) electrons. The number of oxime groups is 1. The van der Waals surface area contributed by atoms with Gasteiger partial charge in [-0.3, -0.25) is 0 Å². The summed E-state index contributed by atoms with van der Waals surface area (Å²) in [6.07, 6.45) is 0.294. The molecule has 10 heavy (non-hydrogen) atoms. The first-order chi connectivity index (χ1) is 4.26. The first-order valence-corrected chi connectivity index (χ1v) is 2.61. The van der Waals surface area contributed by atoms with Gasteiger partial charge in [0.1, 0.15) is 11.9 Å². The van der Waals surface area contributed by atoms with Crippen molar-refractivity contribution in [3.05, 3.63) is 0 Å². The molecule has 0 amide bonds. The van der Waals surface area contributed by atoms with Gasteiger partial charge in [0.05, 0.1) is 0 Å². The molecule has 0 rings (SSSR count). The van der Waals surface area contributed by atoms with Gasteiger partial charge in [0.15, 0.2) is 5.71 Å². The van der Waals surface area contributed by atoms with Gasteiger partial charge in [-0.2, -0.15) is 0 Å². The van der Waals surface area contributed by atoms with Crippen molar-refractivity contribution < 1.29 is 14.3 Å².